The van der Waals surface area contributed by atoms with E-state index in [0.29, 0.717) is 0 Å². The zero-order chi connectivity index (χ0) is 12.3. The van der Waals surface area contributed by atoms with Gasteiger partial charge in [0.25, 0.3) is 0 Å². The summed E-state index contributed by atoms with van der Waals surface area (Å²) in [4.78, 5) is 0. The molecule has 3 unspecified atom stereocenters. The van der Waals surface area contributed by atoms with Gasteiger partial charge in [-0.25, -0.2) is 0 Å². The third-order valence-electron chi connectivity index (χ3n) is 2.78. The highest BCUT2D eigenvalue weighted by Crippen LogP contribution is 2.33. The van der Waals surface area contributed by atoms with Crippen molar-refractivity contribution in [1.29, 1.82) is 0 Å². The standard InChI is InChI=1S/C13H16ClIO2/c1-2-6-16-13-11(14)8-12(13)17-10-5-3-4-9(15)7-10/h3-5,7,11-13H,2,6,8H2,1H3. The molecule has 1 aliphatic carbocycles. The molecule has 0 aliphatic heterocycles. The van der Waals surface area contributed by atoms with Gasteiger partial charge in [0, 0.05) is 16.6 Å². The minimum atomic E-state index is 0.0366. The SMILES string of the molecule is CCCOC1C(Cl)CC1Oc1cccc(I)c1. The Morgan fingerprint density at radius 3 is 2.94 bits per heavy atom. The molecule has 0 aromatic heterocycles. The highest BCUT2D eigenvalue weighted by molar-refractivity contribution is 14.1. The molecule has 0 radical (unpaired) electrons. The van der Waals surface area contributed by atoms with Gasteiger partial charge in [0.2, 0.25) is 0 Å². The Bertz CT molecular complexity index is 372. The molecule has 1 fully saturated rings. The van der Waals surface area contributed by atoms with Crippen LogP contribution in [-0.4, -0.2) is 24.2 Å². The van der Waals surface area contributed by atoms with Crippen LogP contribution in [0.5, 0.6) is 5.75 Å². The maximum absolute atomic E-state index is 6.14. The van der Waals surface area contributed by atoms with Crippen molar-refractivity contribution in [2.75, 3.05) is 6.61 Å². The third kappa shape index (κ3) is 3.48. The summed E-state index contributed by atoms with van der Waals surface area (Å²) in [6.45, 7) is 2.84. The van der Waals surface area contributed by atoms with Gasteiger partial charge in [-0.1, -0.05) is 13.0 Å². The van der Waals surface area contributed by atoms with E-state index in [0.717, 1.165) is 25.2 Å². The van der Waals surface area contributed by atoms with Crippen LogP contribution in [0.3, 0.4) is 0 Å². The molecule has 94 valence electrons. The number of alkyl halides is 1. The summed E-state index contributed by atoms with van der Waals surface area (Å²) in [5.41, 5.74) is 0. The second-order valence-corrected chi connectivity index (χ2v) is 6.01. The molecule has 3 atom stereocenters. The Balaban J connectivity index is 1.91. The summed E-state index contributed by atoms with van der Waals surface area (Å²) < 4.78 is 12.8. The highest BCUT2D eigenvalue weighted by Gasteiger charge is 2.42. The van der Waals surface area contributed by atoms with Crippen molar-refractivity contribution in [3.8, 4) is 5.75 Å². The molecule has 1 aromatic carbocycles. The summed E-state index contributed by atoms with van der Waals surface area (Å²) in [5.74, 6) is 0.899. The molecule has 2 nitrogen and oxygen atoms in total. The lowest BCUT2D eigenvalue weighted by molar-refractivity contribution is -0.0797. The first-order valence-corrected chi connectivity index (χ1v) is 7.40. The lowest BCUT2D eigenvalue weighted by atomic mass is 9.91. The third-order valence-corrected chi connectivity index (χ3v) is 3.88. The predicted octanol–water partition coefficient (Wildman–Crippen LogP) is 3.84. The molecular weight excluding hydrogens is 350 g/mol. The quantitative estimate of drug-likeness (QED) is 0.582. The van der Waals surface area contributed by atoms with Crippen molar-refractivity contribution < 1.29 is 9.47 Å². The highest BCUT2D eigenvalue weighted by atomic mass is 127. The number of hydrogen-bond acceptors (Lipinski definition) is 2. The summed E-state index contributed by atoms with van der Waals surface area (Å²) in [6, 6.07) is 8.04. The van der Waals surface area contributed by atoms with Crippen LogP contribution in [0.2, 0.25) is 0 Å². The van der Waals surface area contributed by atoms with Gasteiger partial charge < -0.3 is 9.47 Å². The molecule has 0 amide bonds. The van der Waals surface area contributed by atoms with Gasteiger partial charge in [0.05, 0.1) is 5.38 Å². The van der Waals surface area contributed by atoms with Crippen LogP contribution in [0.1, 0.15) is 19.8 Å². The van der Waals surface area contributed by atoms with E-state index in [2.05, 4.69) is 29.5 Å². The maximum Gasteiger partial charge on any atom is 0.128 e. The topological polar surface area (TPSA) is 18.5 Å². The molecule has 0 bridgehead atoms. The van der Waals surface area contributed by atoms with Crippen molar-refractivity contribution >= 4 is 34.2 Å². The molecule has 17 heavy (non-hydrogen) atoms. The summed E-state index contributed by atoms with van der Waals surface area (Å²) in [7, 11) is 0. The van der Waals surface area contributed by atoms with E-state index in [4.69, 9.17) is 21.1 Å². The van der Waals surface area contributed by atoms with Crippen LogP contribution < -0.4 is 4.74 Å². The average molecular weight is 367 g/mol. The van der Waals surface area contributed by atoms with Crippen LogP contribution in [-0.2, 0) is 4.74 Å². The second kappa shape index (κ2) is 6.25. The van der Waals surface area contributed by atoms with Crippen LogP contribution >= 0.6 is 34.2 Å². The fourth-order valence-electron chi connectivity index (χ4n) is 1.82. The van der Waals surface area contributed by atoms with E-state index in [1.807, 2.05) is 24.3 Å². The normalized spacial score (nSPS) is 27.6. The Kier molecular flexibility index (Phi) is 4.94. The fraction of sp³-hybridized carbons (Fsp3) is 0.538. The number of ether oxygens (including phenoxy) is 2. The van der Waals surface area contributed by atoms with Gasteiger partial charge in [-0.3, -0.25) is 0 Å². The summed E-state index contributed by atoms with van der Waals surface area (Å²) in [5, 5.41) is 0.0920. The van der Waals surface area contributed by atoms with Crippen molar-refractivity contribution in [2.24, 2.45) is 0 Å². The van der Waals surface area contributed by atoms with Crippen LogP contribution in [0.4, 0.5) is 0 Å². The fourth-order valence-corrected chi connectivity index (χ4v) is 2.75. The first-order valence-electron chi connectivity index (χ1n) is 5.88. The zero-order valence-electron chi connectivity index (χ0n) is 9.74. The number of benzene rings is 1. The molecule has 2 rings (SSSR count). The Morgan fingerprint density at radius 1 is 1.47 bits per heavy atom. The molecule has 4 heteroatoms. The van der Waals surface area contributed by atoms with Gasteiger partial charge in [-0.2, -0.15) is 0 Å². The van der Waals surface area contributed by atoms with E-state index < -0.39 is 0 Å². The van der Waals surface area contributed by atoms with Gasteiger partial charge in [-0.15, -0.1) is 11.6 Å². The van der Waals surface area contributed by atoms with Crippen molar-refractivity contribution in [3.05, 3.63) is 27.8 Å². The zero-order valence-corrected chi connectivity index (χ0v) is 12.6. The van der Waals surface area contributed by atoms with E-state index in [-0.39, 0.29) is 17.6 Å². The molecule has 0 heterocycles. The monoisotopic (exact) mass is 366 g/mol. The minimum absolute atomic E-state index is 0.0366. The molecule has 0 spiro atoms. The van der Waals surface area contributed by atoms with Crippen molar-refractivity contribution in [1.82, 2.24) is 0 Å². The largest absolute Gasteiger partial charge is 0.488 e. The number of halogens is 2. The van der Waals surface area contributed by atoms with Crippen molar-refractivity contribution in [2.45, 2.75) is 37.4 Å². The van der Waals surface area contributed by atoms with Crippen LogP contribution in [0, 0.1) is 3.57 Å². The molecule has 0 N–H and O–H groups in total. The lowest BCUT2D eigenvalue weighted by Gasteiger charge is -2.40. The van der Waals surface area contributed by atoms with Crippen molar-refractivity contribution in [3.63, 3.8) is 0 Å². The Morgan fingerprint density at radius 2 is 2.29 bits per heavy atom. The second-order valence-electron chi connectivity index (χ2n) is 4.20. The molecule has 1 aromatic rings. The van der Waals surface area contributed by atoms with E-state index in [1.165, 1.54) is 3.57 Å². The first kappa shape index (κ1) is 13.4. The Labute approximate surface area is 121 Å². The van der Waals surface area contributed by atoms with Gasteiger partial charge in [0.1, 0.15) is 18.0 Å². The van der Waals surface area contributed by atoms with Gasteiger partial charge in [0.15, 0.2) is 0 Å². The molecule has 1 saturated carbocycles. The average Bonchev–Trinajstić information content (AvgIpc) is 2.29. The maximum atomic E-state index is 6.14. The van der Waals surface area contributed by atoms with Crippen LogP contribution in [0.15, 0.2) is 24.3 Å². The van der Waals surface area contributed by atoms with Gasteiger partial charge >= 0.3 is 0 Å². The van der Waals surface area contributed by atoms with E-state index in [1.54, 1.807) is 0 Å². The lowest BCUT2D eigenvalue weighted by Crippen LogP contribution is -2.52. The van der Waals surface area contributed by atoms with Gasteiger partial charge in [-0.05, 0) is 47.2 Å². The Hall–Kier alpha value is -0.000000000000000111. The molecule has 1 aliphatic rings. The molecule has 0 saturated heterocycles. The van der Waals surface area contributed by atoms with Crippen LogP contribution in [0.25, 0.3) is 0 Å². The summed E-state index contributed by atoms with van der Waals surface area (Å²) in [6.07, 6.45) is 2.01. The van der Waals surface area contributed by atoms with E-state index in [9.17, 15) is 0 Å². The number of rotatable bonds is 5. The predicted molar refractivity (Wildman–Crippen MR) is 77.9 cm³/mol. The first-order chi connectivity index (χ1) is 8.20. The number of hydrogen-bond donors (Lipinski definition) is 0. The minimum Gasteiger partial charge on any atom is -0.488 e. The van der Waals surface area contributed by atoms with E-state index >= 15 is 0 Å². The molecular formula is C13H16ClIO2. The smallest absolute Gasteiger partial charge is 0.128 e. The summed E-state index contributed by atoms with van der Waals surface area (Å²) >= 11 is 8.41.